The van der Waals surface area contributed by atoms with Crippen molar-refractivity contribution in [3.05, 3.63) is 0 Å². The topological polar surface area (TPSA) is 78.4 Å². The van der Waals surface area contributed by atoms with E-state index in [0.29, 0.717) is 13.0 Å². The van der Waals surface area contributed by atoms with Gasteiger partial charge in [-0.3, -0.25) is 4.79 Å². The highest BCUT2D eigenvalue weighted by Crippen LogP contribution is 2.40. The minimum atomic E-state index is -0.821. The van der Waals surface area contributed by atoms with Crippen molar-refractivity contribution in [2.45, 2.75) is 52.4 Å². The summed E-state index contributed by atoms with van der Waals surface area (Å²) in [5, 5.41) is 14.4. The zero-order chi connectivity index (χ0) is 14.3. The fourth-order valence-electron chi connectivity index (χ4n) is 2.64. The third-order valence-corrected chi connectivity index (χ3v) is 4.32. The average molecular weight is 270 g/mol. The first-order chi connectivity index (χ1) is 8.99. The summed E-state index contributed by atoms with van der Waals surface area (Å²) >= 11 is 0. The number of amides is 2. The number of hydrogen-bond acceptors (Lipinski definition) is 2. The molecule has 0 heterocycles. The Hall–Kier alpha value is -1.26. The average Bonchev–Trinajstić information content (AvgIpc) is 2.85. The SMILES string of the molecule is CCC1(CNC(=O)NCCC(C)C(=O)O)CCCC1. The van der Waals surface area contributed by atoms with E-state index in [4.69, 9.17) is 5.11 Å². The molecule has 3 N–H and O–H groups in total. The number of hydrogen-bond donors (Lipinski definition) is 3. The summed E-state index contributed by atoms with van der Waals surface area (Å²) in [6.45, 7) is 4.95. The van der Waals surface area contributed by atoms with Crippen LogP contribution in [0.4, 0.5) is 4.79 Å². The first-order valence-electron chi connectivity index (χ1n) is 7.23. The summed E-state index contributed by atoms with van der Waals surface area (Å²) in [7, 11) is 0. The van der Waals surface area contributed by atoms with Crippen LogP contribution >= 0.6 is 0 Å². The second-order valence-electron chi connectivity index (χ2n) is 5.70. The van der Waals surface area contributed by atoms with Gasteiger partial charge in [-0.2, -0.15) is 0 Å². The zero-order valence-corrected chi connectivity index (χ0v) is 12.0. The molecule has 0 aromatic carbocycles. The van der Waals surface area contributed by atoms with Crippen molar-refractivity contribution >= 4 is 12.0 Å². The predicted molar refractivity (Wildman–Crippen MR) is 74.0 cm³/mol. The Morgan fingerprint density at radius 2 is 1.89 bits per heavy atom. The van der Waals surface area contributed by atoms with Gasteiger partial charge in [-0.05, 0) is 31.1 Å². The lowest BCUT2D eigenvalue weighted by Gasteiger charge is -2.27. The zero-order valence-electron chi connectivity index (χ0n) is 12.0. The van der Waals surface area contributed by atoms with E-state index in [0.717, 1.165) is 13.0 Å². The lowest BCUT2D eigenvalue weighted by atomic mass is 9.83. The Kier molecular flexibility index (Phi) is 6.12. The van der Waals surface area contributed by atoms with Gasteiger partial charge in [-0.15, -0.1) is 0 Å². The van der Waals surface area contributed by atoms with Crippen molar-refractivity contribution in [1.29, 1.82) is 0 Å². The number of urea groups is 1. The van der Waals surface area contributed by atoms with Gasteiger partial charge in [0, 0.05) is 13.1 Å². The van der Waals surface area contributed by atoms with Crippen molar-refractivity contribution in [3.8, 4) is 0 Å². The Balaban J connectivity index is 2.19. The maximum atomic E-state index is 11.6. The third kappa shape index (κ3) is 5.09. The fraction of sp³-hybridized carbons (Fsp3) is 0.857. The van der Waals surface area contributed by atoms with Crippen LogP contribution in [0, 0.1) is 11.3 Å². The standard InChI is InChI=1S/C14H26N2O3/c1-3-14(7-4-5-8-14)10-16-13(19)15-9-6-11(2)12(17)18/h11H,3-10H2,1-2H3,(H,17,18)(H2,15,16,19). The predicted octanol–water partition coefficient (Wildman–Crippen LogP) is 2.37. The van der Waals surface area contributed by atoms with Gasteiger partial charge in [0.1, 0.15) is 0 Å². The van der Waals surface area contributed by atoms with Crippen LogP contribution in [-0.2, 0) is 4.79 Å². The van der Waals surface area contributed by atoms with Gasteiger partial charge in [-0.25, -0.2) is 4.79 Å². The molecule has 1 rings (SSSR count). The summed E-state index contributed by atoms with van der Waals surface area (Å²) in [6, 6.07) is -0.183. The summed E-state index contributed by atoms with van der Waals surface area (Å²) in [4.78, 5) is 22.3. The van der Waals surface area contributed by atoms with E-state index < -0.39 is 11.9 Å². The molecule has 1 atom stereocenters. The number of carbonyl (C=O) groups is 2. The van der Waals surface area contributed by atoms with Gasteiger partial charge >= 0.3 is 12.0 Å². The monoisotopic (exact) mass is 270 g/mol. The highest BCUT2D eigenvalue weighted by Gasteiger charge is 2.32. The third-order valence-electron chi connectivity index (χ3n) is 4.32. The van der Waals surface area contributed by atoms with Crippen LogP contribution in [0.2, 0.25) is 0 Å². The number of carboxylic acid groups (broad SMARTS) is 1. The van der Waals surface area contributed by atoms with Crippen LogP contribution in [0.3, 0.4) is 0 Å². The van der Waals surface area contributed by atoms with Crippen LogP contribution in [0.1, 0.15) is 52.4 Å². The normalized spacial score (nSPS) is 18.8. The Labute approximate surface area is 115 Å². The highest BCUT2D eigenvalue weighted by molar-refractivity contribution is 5.74. The van der Waals surface area contributed by atoms with Crippen LogP contribution in [0.25, 0.3) is 0 Å². The Morgan fingerprint density at radius 3 is 2.42 bits per heavy atom. The lowest BCUT2D eigenvalue weighted by molar-refractivity contribution is -0.141. The Bertz CT molecular complexity index is 312. The van der Waals surface area contributed by atoms with Crippen LogP contribution in [0.15, 0.2) is 0 Å². The number of carboxylic acids is 1. The first-order valence-corrected chi connectivity index (χ1v) is 7.23. The number of aliphatic carboxylic acids is 1. The molecule has 0 aliphatic heterocycles. The quantitative estimate of drug-likeness (QED) is 0.664. The lowest BCUT2D eigenvalue weighted by Crippen LogP contribution is -2.42. The minimum absolute atomic E-state index is 0.183. The van der Waals surface area contributed by atoms with Crippen molar-refractivity contribution in [2.24, 2.45) is 11.3 Å². The smallest absolute Gasteiger partial charge is 0.314 e. The number of carbonyl (C=O) groups excluding carboxylic acids is 1. The van der Waals surface area contributed by atoms with Crippen LogP contribution in [-0.4, -0.2) is 30.2 Å². The van der Waals surface area contributed by atoms with Crippen molar-refractivity contribution in [1.82, 2.24) is 10.6 Å². The Morgan fingerprint density at radius 1 is 1.26 bits per heavy atom. The van der Waals surface area contributed by atoms with Gasteiger partial charge in [0.25, 0.3) is 0 Å². The molecule has 110 valence electrons. The molecule has 0 spiro atoms. The van der Waals surface area contributed by atoms with Gasteiger partial charge in [0.2, 0.25) is 0 Å². The van der Waals surface area contributed by atoms with E-state index in [1.165, 1.54) is 25.7 Å². The summed E-state index contributed by atoms with van der Waals surface area (Å²) < 4.78 is 0. The summed E-state index contributed by atoms with van der Waals surface area (Å²) in [5.41, 5.74) is 0.283. The molecular weight excluding hydrogens is 244 g/mol. The minimum Gasteiger partial charge on any atom is -0.481 e. The molecule has 1 aliphatic carbocycles. The second-order valence-corrected chi connectivity index (χ2v) is 5.70. The van der Waals surface area contributed by atoms with Crippen LogP contribution in [0.5, 0.6) is 0 Å². The molecule has 0 aromatic rings. The maximum absolute atomic E-state index is 11.6. The van der Waals surface area contributed by atoms with Gasteiger partial charge < -0.3 is 15.7 Å². The van der Waals surface area contributed by atoms with Crippen LogP contribution < -0.4 is 10.6 Å². The van der Waals surface area contributed by atoms with E-state index in [9.17, 15) is 9.59 Å². The molecule has 1 aliphatic rings. The van der Waals surface area contributed by atoms with Gasteiger partial charge in [-0.1, -0.05) is 26.7 Å². The second kappa shape index (κ2) is 7.36. The molecule has 0 bridgehead atoms. The molecule has 0 aromatic heterocycles. The van der Waals surface area contributed by atoms with E-state index in [1.807, 2.05) is 0 Å². The molecular formula is C14H26N2O3. The molecule has 5 heteroatoms. The fourth-order valence-corrected chi connectivity index (χ4v) is 2.64. The molecule has 2 amide bonds. The largest absolute Gasteiger partial charge is 0.481 e. The molecule has 0 radical (unpaired) electrons. The number of rotatable bonds is 7. The summed E-state index contributed by atoms with van der Waals surface area (Å²) in [6.07, 6.45) is 6.46. The molecule has 19 heavy (non-hydrogen) atoms. The number of nitrogens with one attached hydrogen (secondary N) is 2. The van der Waals surface area contributed by atoms with Gasteiger partial charge in [0.15, 0.2) is 0 Å². The molecule has 1 fully saturated rings. The van der Waals surface area contributed by atoms with E-state index in [1.54, 1.807) is 6.92 Å². The van der Waals surface area contributed by atoms with E-state index in [2.05, 4.69) is 17.6 Å². The van der Waals surface area contributed by atoms with E-state index in [-0.39, 0.29) is 11.4 Å². The van der Waals surface area contributed by atoms with Crippen molar-refractivity contribution < 1.29 is 14.7 Å². The summed E-state index contributed by atoms with van der Waals surface area (Å²) in [5.74, 6) is -1.24. The molecule has 1 saturated carbocycles. The first kappa shape index (κ1) is 15.8. The highest BCUT2D eigenvalue weighted by atomic mass is 16.4. The maximum Gasteiger partial charge on any atom is 0.314 e. The molecule has 5 nitrogen and oxygen atoms in total. The van der Waals surface area contributed by atoms with Gasteiger partial charge in [0.05, 0.1) is 5.92 Å². The molecule has 1 unspecified atom stereocenters. The van der Waals surface area contributed by atoms with E-state index >= 15 is 0 Å². The molecule has 0 saturated heterocycles. The van der Waals surface area contributed by atoms with Crippen molar-refractivity contribution in [3.63, 3.8) is 0 Å². The van der Waals surface area contributed by atoms with Crippen molar-refractivity contribution in [2.75, 3.05) is 13.1 Å².